The van der Waals surface area contributed by atoms with Crippen LogP contribution in [0.1, 0.15) is 26.2 Å². The number of likely N-dealkylation sites (tertiary alicyclic amines) is 1. The van der Waals surface area contributed by atoms with Gasteiger partial charge in [0.2, 0.25) is 0 Å². The van der Waals surface area contributed by atoms with Crippen LogP contribution in [0.4, 0.5) is 4.79 Å². The molecule has 0 bridgehead atoms. The van der Waals surface area contributed by atoms with E-state index in [0.29, 0.717) is 13.1 Å². The topological polar surface area (TPSA) is 104 Å². The lowest BCUT2D eigenvalue weighted by molar-refractivity contribution is -0.138. The van der Waals surface area contributed by atoms with E-state index in [0.717, 1.165) is 19.1 Å². The highest BCUT2D eigenvalue weighted by atomic mass is 32.2. The summed E-state index contributed by atoms with van der Waals surface area (Å²) >= 11 is 0. The molecule has 8 heteroatoms. The van der Waals surface area contributed by atoms with Gasteiger partial charge in [0.05, 0.1) is 5.75 Å². The molecule has 21 heavy (non-hydrogen) atoms. The van der Waals surface area contributed by atoms with E-state index in [-0.39, 0.29) is 36.6 Å². The van der Waals surface area contributed by atoms with Crippen LogP contribution < -0.4 is 5.32 Å². The first-order chi connectivity index (χ1) is 9.69. The number of piperidine rings is 1. The number of carbonyl (C=O) groups excluding carboxylic acids is 1. The Kier molecular flexibility index (Phi) is 6.44. The van der Waals surface area contributed by atoms with Gasteiger partial charge in [0.15, 0.2) is 0 Å². The smallest absolute Gasteiger partial charge is 0.317 e. The summed E-state index contributed by atoms with van der Waals surface area (Å²) in [6, 6.07) is -0.272. The molecular weight excluding hydrogens is 296 g/mol. The molecule has 1 aliphatic rings. The average molecular weight is 320 g/mol. The summed E-state index contributed by atoms with van der Waals surface area (Å²) in [4.78, 5) is 24.4. The maximum atomic E-state index is 12.0. The summed E-state index contributed by atoms with van der Waals surface area (Å²) in [6.07, 6.45) is 2.99. The van der Waals surface area contributed by atoms with Gasteiger partial charge in [-0.15, -0.1) is 0 Å². The molecule has 122 valence electrons. The largest absolute Gasteiger partial charge is 0.481 e. The summed E-state index contributed by atoms with van der Waals surface area (Å²) in [5, 5.41) is 11.4. The zero-order valence-electron chi connectivity index (χ0n) is 12.5. The Hall–Kier alpha value is -1.31. The summed E-state index contributed by atoms with van der Waals surface area (Å²) in [6.45, 7) is 3.15. The van der Waals surface area contributed by atoms with Crippen LogP contribution >= 0.6 is 0 Å². The molecule has 0 aromatic heterocycles. The van der Waals surface area contributed by atoms with Gasteiger partial charge in [-0.2, -0.15) is 0 Å². The molecule has 2 unspecified atom stereocenters. The molecule has 2 N–H and O–H groups in total. The second-order valence-corrected chi connectivity index (χ2v) is 8.05. The fourth-order valence-electron chi connectivity index (χ4n) is 2.56. The van der Waals surface area contributed by atoms with Crippen LogP contribution in [-0.2, 0) is 14.6 Å². The lowest BCUT2D eigenvalue weighted by Crippen LogP contribution is -2.47. The number of carboxylic acids is 1. The monoisotopic (exact) mass is 320 g/mol. The van der Waals surface area contributed by atoms with Crippen molar-refractivity contribution in [1.82, 2.24) is 10.2 Å². The Bertz CT molecular complexity index is 477. The van der Waals surface area contributed by atoms with Crippen molar-refractivity contribution in [2.24, 2.45) is 11.8 Å². The second-order valence-electron chi connectivity index (χ2n) is 5.79. The highest BCUT2D eigenvalue weighted by Gasteiger charge is 2.28. The van der Waals surface area contributed by atoms with Crippen molar-refractivity contribution in [3.8, 4) is 0 Å². The molecule has 1 heterocycles. The van der Waals surface area contributed by atoms with E-state index in [4.69, 9.17) is 5.11 Å². The molecule has 2 amide bonds. The predicted molar refractivity (Wildman–Crippen MR) is 78.8 cm³/mol. The molecule has 1 fully saturated rings. The van der Waals surface area contributed by atoms with Crippen LogP contribution in [-0.4, -0.2) is 62.1 Å². The molecule has 1 aliphatic heterocycles. The molecule has 1 saturated heterocycles. The van der Waals surface area contributed by atoms with Gasteiger partial charge in [-0.05, 0) is 24.7 Å². The lowest BCUT2D eigenvalue weighted by Gasteiger charge is -2.35. The summed E-state index contributed by atoms with van der Waals surface area (Å²) in [5.74, 6) is -0.701. The standard InChI is InChI=1S/C13H24N2O5S/c1-10(8-12(16)17)11-4-3-6-15(9-11)13(18)14-5-7-21(2,19)20/h10-11H,3-9H2,1-2H3,(H,14,18)(H,16,17). The molecule has 0 radical (unpaired) electrons. The Labute approximate surface area is 125 Å². The molecule has 0 spiro atoms. The maximum absolute atomic E-state index is 12.0. The zero-order chi connectivity index (χ0) is 16.0. The van der Waals surface area contributed by atoms with Gasteiger partial charge < -0.3 is 15.3 Å². The summed E-state index contributed by atoms with van der Waals surface area (Å²) < 4.78 is 22.0. The number of rotatable bonds is 6. The third-order valence-electron chi connectivity index (χ3n) is 3.80. The number of aliphatic carboxylic acids is 1. The van der Waals surface area contributed by atoms with Crippen molar-refractivity contribution in [2.75, 3.05) is 31.6 Å². The van der Waals surface area contributed by atoms with E-state index in [1.54, 1.807) is 4.90 Å². The van der Waals surface area contributed by atoms with E-state index >= 15 is 0 Å². The first-order valence-corrected chi connectivity index (χ1v) is 9.17. The lowest BCUT2D eigenvalue weighted by atomic mass is 9.85. The Morgan fingerprint density at radius 1 is 1.43 bits per heavy atom. The third-order valence-corrected chi connectivity index (χ3v) is 4.74. The number of nitrogens with zero attached hydrogens (tertiary/aromatic N) is 1. The molecule has 2 atom stereocenters. The first kappa shape index (κ1) is 17.7. The Balaban J connectivity index is 2.44. The highest BCUT2D eigenvalue weighted by Crippen LogP contribution is 2.26. The van der Waals surface area contributed by atoms with E-state index in [2.05, 4.69) is 5.32 Å². The fraction of sp³-hybridized carbons (Fsp3) is 0.846. The van der Waals surface area contributed by atoms with Gasteiger partial charge in [-0.1, -0.05) is 6.92 Å². The van der Waals surface area contributed by atoms with E-state index in [9.17, 15) is 18.0 Å². The summed E-state index contributed by atoms with van der Waals surface area (Å²) in [7, 11) is -3.09. The van der Waals surface area contributed by atoms with E-state index < -0.39 is 15.8 Å². The maximum Gasteiger partial charge on any atom is 0.317 e. The van der Waals surface area contributed by atoms with Crippen molar-refractivity contribution >= 4 is 21.8 Å². The van der Waals surface area contributed by atoms with Gasteiger partial charge in [0, 0.05) is 32.3 Å². The quantitative estimate of drug-likeness (QED) is 0.744. The molecule has 7 nitrogen and oxygen atoms in total. The number of carboxylic acid groups (broad SMARTS) is 1. The van der Waals surface area contributed by atoms with Crippen molar-refractivity contribution in [3.63, 3.8) is 0 Å². The molecule has 0 aromatic carbocycles. The number of hydrogen-bond donors (Lipinski definition) is 2. The molecule has 0 saturated carbocycles. The number of sulfone groups is 1. The van der Waals surface area contributed by atoms with Crippen molar-refractivity contribution in [2.45, 2.75) is 26.2 Å². The van der Waals surface area contributed by atoms with Gasteiger partial charge in [-0.3, -0.25) is 4.79 Å². The van der Waals surface area contributed by atoms with Crippen LogP contribution in [0.15, 0.2) is 0 Å². The number of nitrogens with one attached hydrogen (secondary N) is 1. The first-order valence-electron chi connectivity index (χ1n) is 7.11. The SMILES string of the molecule is CC(CC(=O)O)C1CCCN(C(=O)NCCS(C)(=O)=O)C1. The second kappa shape index (κ2) is 7.63. The van der Waals surface area contributed by atoms with Crippen LogP contribution in [0.25, 0.3) is 0 Å². The van der Waals surface area contributed by atoms with Crippen LogP contribution in [0.5, 0.6) is 0 Å². The van der Waals surface area contributed by atoms with Crippen LogP contribution in [0.3, 0.4) is 0 Å². The predicted octanol–water partition coefficient (Wildman–Crippen LogP) is 0.563. The summed E-state index contributed by atoms with van der Waals surface area (Å²) in [5.41, 5.74) is 0. The average Bonchev–Trinajstić information content (AvgIpc) is 2.36. The third kappa shape index (κ3) is 6.79. The Morgan fingerprint density at radius 2 is 2.10 bits per heavy atom. The number of urea groups is 1. The number of hydrogen-bond acceptors (Lipinski definition) is 4. The zero-order valence-corrected chi connectivity index (χ0v) is 13.4. The van der Waals surface area contributed by atoms with Crippen molar-refractivity contribution < 1.29 is 23.1 Å². The Morgan fingerprint density at radius 3 is 2.67 bits per heavy atom. The number of amides is 2. The van der Waals surface area contributed by atoms with Gasteiger partial charge in [-0.25, -0.2) is 13.2 Å². The van der Waals surface area contributed by atoms with E-state index in [1.165, 1.54) is 0 Å². The van der Waals surface area contributed by atoms with E-state index in [1.807, 2.05) is 6.92 Å². The minimum atomic E-state index is -3.09. The van der Waals surface area contributed by atoms with Crippen LogP contribution in [0.2, 0.25) is 0 Å². The normalized spacial score (nSPS) is 20.9. The van der Waals surface area contributed by atoms with Gasteiger partial charge in [0.1, 0.15) is 9.84 Å². The van der Waals surface area contributed by atoms with Gasteiger partial charge in [0.25, 0.3) is 0 Å². The van der Waals surface area contributed by atoms with Gasteiger partial charge >= 0.3 is 12.0 Å². The van der Waals surface area contributed by atoms with Crippen LogP contribution in [0, 0.1) is 11.8 Å². The molecular formula is C13H24N2O5S. The van der Waals surface area contributed by atoms with Crippen molar-refractivity contribution in [3.05, 3.63) is 0 Å². The molecule has 0 aromatic rings. The minimum absolute atomic E-state index is 0.0223. The van der Waals surface area contributed by atoms with Crippen molar-refractivity contribution in [1.29, 1.82) is 0 Å². The fourth-order valence-corrected chi connectivity index (χ4v) is 3.03. The highest BCUT2D eigenvalue weighted by molar-refractivity contribution is 7.90. The minimum Gasteiger partial charge on any atom is -0.481 e. The molecule has 0 aliphatic carbocycles. The number of carbonyl (C=O) groups is 2. The molecule has 1 rings (SSSR count).